The standard InChI is InChI=1S/C14H14O2/c15-14(10-3-1-2-4-10)11-5-6-12-8-16-9-13(12)7-11/h3,5-7H,1-2,4,8-9H2. The molecule has 0 spiro atoms. The van der Waals surface area contributed by atoms with Gasteiger partial charge in [-0.15, -0.1) is 0 Å². The Balaban J connectivity index is 1.92. The maximum absolute atomic E-state index is 12.1. The molecule has 3 rings (SSSR count). The predicted octanol–water partition coefficient (Wildman–Crippen LogP) is 3.01. The third-order valence-corrected chi connectivity index (χ3v) is 3.32. The lowest BCUT2D eigenvalue weighted by Gasteiger charge is -2.03. The molecule has 0 saturated carbocycles. The van der Waals surface area contributed by atoms with Gasteiger partial charge in [-0.1, -0.05) is 18.2 Å². The van der Waals surface area contributed by atoms with E-state index in [4.69, 9.17) is 4.74 Å². The van der Waals surface area contributed by atoms with E-state index in [1.165, 1.54) is 11.1 Å². The predicted molar refractivity (Wildman–Crippen MR) is 61.2 cm³/mol. The second kappa shape index (κ2) is 3.87. The average Bonchev–Trinajstić information content (AvgIpc) is 2.98. The number of ketones is 1. The van der Waals surface area contributed by atoms with E-state index in [1.54, 1.807) is 0 Å². The van der Waals surface area contributed by atoms with E-state index >= 15 is 0 Å². The summed E-state index contributed by atoms with van der Waals surface area (Å²) >= 11 is 0. The minimum atomic E-state index is 0.201. The zero-order valence-electron chi connectivity index (χ0n) is 9.16. The first-order valence-electron chi connectivity index (χ1n) is 5.78. The number of Topliss-reactive ketones (excluding diaryl/α,β-unsaturated/α-hetero) is 1. The number of carbonyl (C=O) groups excluding carboxylic acids is 1. The van der Waals surface area contributed by atoms with E-state index in [0.717, 1.165) is 30.4 Å². The molecule has 1 aromatic carbocycles. The van der Waals surface area contributed by atoms with E-state index in [1.807, 2.05) is 18.2 Å². The van der Waals surface area contributed by atoms with Crippen molar-refractivity contribution in [2.75, 3.05) is 0 Å². The molecule has 0 fully saturated rings. The topological polar surface area (TPSA) is 26.3 Å². The van der Waals surface area contributed by atoms with Crippen LogP contribution in [0.1, 0.15) is 40.7 Å². The lowest BCUT2D eigenvalue weighted by molar-refractivity contribution is 0.103. The first kappa shape index (κ1) is 9.79. The number of benzene rings is 1. The summed E-state index contributed by atoms with van der Waals surface area (Å²) in [4.78, 5) is 12.1. The van der Waals surface area contributed by atoms with Crippen LogP contribution < -0.4 is 0 Å². The molecule has 0 saturated heterocycles. The first-order valence-corrected chi connectivity index (χ1v) is 5.78. The van der Waals surface area contributed by atoms with Crippen LogP contribution in [0.5, 0.6) is 0 Å². The van der Waals surface area contributed by atoms with Gasteiger partial charge >= 0.3 is 0 Å². The summed E-state index contributed by atoms with van der Waals surface area (Å²) in [5.74, 6) is 0.201. The SMILES string of the molecule is O=C(C1=CCCC1)c1ccc2c(c1)COC2. The molecule has 1 aliphatic carbocycles. The highest BCUT2D eigenvalue weighted by Gasteiger charge is 2.18. The van der Waals surface area contributed by atoms with Gasteiger partial charge < -0.3 is 4.74 Å². The normalized spacial score (nSPS) is 18.4. The summed E-state index contributed by atoms with van der Waals surface area (Å²) in [6.45, 7) is 1.34. The van der Waals surface area contributed by atoms with Gasteiger partial charge in [0.15, 0.2) is 5.78 Å². The Morgan fingerprint density at radius 2 is 2.06 bits per heavy atom. The van der Waals surface area contributed by atoms with Crippen LogP contribution in [0.25, 0.3) is 0 Å². The van der Waals surface area contributed by atoms with Gasteiger partial charge in [-0.3, -0.25) is 4.79 Å². The Bertz CT molecular complexity index is 472. The molecule has 0 radical (unpaired) electrons. The van der Waals surface area contributed by atoms with Crippen LogP contribution in [-0.2, 0) is 18.0 Å². The maximum Gasteiger partial charge on any atom is 0.188 e. The molecule has 1 aromatic rings. The van der Waals surface area contributed by atoms with Crippen molar-refractivity contribution in [3.8, 4) is 0 Å². The highest BCUT2D eigenvalue weighted by Crippen LogP contribution is 2.25. The molecule has 2 aliphatic rings. The van der Waals surface area contributed by atoms with E-state index in [9.17, 15) is 4.79 Å². The molecule has 0 aromatic heterocycles. The van der Waals surface area contributed by atoms with Gasteiger partial charge in [0.2, 0.25) is 0 Å². The van der Waals surface area contributed by atoms with Crippen LogP contribution in [0.2, 0.25) is 0 Å². The van der Waals surface area contributed by atoms with Crippen LogP contribution in [0.4, 0.5) is 0 Å². The average molecular weight is 214 g/mol. The molecule has 16 heavy (non-hydrogen) atoms. The van der Waals surface area contributed by atoms with E-state index in [2.05, 4.69) is 6.08 Å². The summed E-state index contributed by atoms with van der Waals surface area (Å²) in [6.07, 6.45) is 5.18. The summed E-state index contributed by atoms with van der Waals surface area (Å²) in [5.41, 5.74) is 4.19. The Kier molecular flexibility index (Phi) is 2.37. The van der Waals surface area contributed by atoms with E-state index in [0.29, 0.717) is 13.2 Å². The number of hydrogen-bond acceptors (Lipinski definition) is 2. The molecule has 2 nitrogen and oxygen atoms in total. The number of ether oxygens (including phenoxy) is 1. The Morgan fingerprint density at radius 1 is 1.19 bits per heavy atom. The van der Waals surface area contributed by atoms with Gasteiger partial charge in [0.25, 0.3) is 0 Å². The summed E-state index contributed by atoms with van der Waals surface area (Å²) in [7, 11) is 0. The van der Waals surface area contributed by atoms with E-state index in [-0.39, 0.29) is 5.78 Å². The summed E-state index contributed by atoms with van der Waals surface area (Å²) < 4.78 is 5.35. The lowest BCUT2D eigenvalue weighted by atomic mass is 9.99. The number of allylic oxidation sites excluding steroid dienone is 2. The van der Waals surface area contributed by atoms with Crippen molar-refractivity contribution in [1.82, 2.24) is 0 Å². The smallest absolute Gasteiger partial charge is 0.188 e. The van der Waals surface area contributed by atoms with Gasteiger partial charge in [-0.25, -0.2) is 0 Å². The van der Waals surface area contributed by atoms with Crippen LogP contribution in [0.3, 0.4) is 0 Å². The Morgan fingerprint density at radius 3 is 2.88 bits per heavy atom. The second-order valence-corrected chi connectivity index (χ2v) is 4.43. The lowest BCUT2D eigenvalue weighted by Crippen LogP contribution is -2.02. The highest BCUT2D eigenvalue weighted by molar-refractivity contribution is 6.09. The Labute approximate surface area is 94.9 Å². The monoisotopic (exact) mass is 214 g/mol. The van der Waals surface area contributed by atoms with Gasteiger partial charge in [-0.05, 0) is 42.0 Å². The van der Waals surface area contributed by atoms with Crippen molar-refractivity contribution in [1.29, 1.82) is 0 Å². The first-order chi connectivity index (χ1) is 7.84. The van der Waals surface area contributed by atoms with Crippen LogP contribution in [-0.4, -0.2) is 5.78 Å². The fourth-order valence-electron chi connectivity index (χ4n) is 2.38. The second-order valence-electron chi connectivity index (χ2n) is 4.43. The molecule has 0 N–H and O–H groups in total. The minimum absolute atomic E-state index is 0.201. The minimum Gasteiger partial charge on any atom is -0.372 e. The quantitative estimate of drug-likeness (QED) is 0.707. The van der Waals surface area contributed by atoms with Crippen molar-refractivity contribution >= 4 is 5.78 Å². The fraction of sp³-hybridized carbons (Fsp3) is 0.357. The number of fused-ring (bicyclic) bond motifs is 1. The molecule has 2 heteroatoms. The third kappa shape index (κ3) is 1.59. The van der Waals surface area contributed by atoms with Crippen LogP contribution >= 0.6 is 0 Å². The zero-order chi connectivity index (χ0) is 11.0. The van der Waals surface area contributed by atoms with Gasteiger partial charge in [0.1, 0.15) is 0 Å². The molecular formula is C14H14O2. The van der Waals surface area contributed by atoms with Gasteiger partial charge in [0, 0.05) is 5.56 Å². The molecule has 0 bridgehead atoms. The fourth-order valence-corrected chi connectivity index (χ4v) is 2.38. The number of hydrogen-bond donors (Lipinski definition) is 0. The van der Waals surface area contributed by atoms with E-state index < -0.39 is 0 Å². The van der Waals surface area contributed by atoms with Crippen molar-refractivity contribution in [3.63, 3.8) is 0 Å². The number of rotatable bonds is 2. The van der Waals surface area contributed by atoms with Crippen LogP contribution in [0, 0.1) is 0 Å². The van der Waals surface area contributed by atoms with Crippen molar-refractivity contribution < 1.29 is 9.53 Å². The molecule has 0 atom stereocenters. The third-order valence-electron chi connectivity index (χ3n) is 3.32. The Hall–Kier alpha value is -1.41. The molecule has 0 amide bonds. The largest absolute Gasteiger partial charge is 0.372 e. The summed E-state index contributed by atoms with van der Waals surface area (Å²) in [6, 6.07) is 5.93. The maximum atomic E-state index is 12.1. The molecule has 82 valence electrons. The van der Waals surface area contributed by atoms with Crippen molar-refractivity contribution in [3.05, 3.63) is 46.5 Å². The number of carbonyl (C=O) groups is 1. The van der Waals surface area contributed by atoms with Gasteiger partial charge in [0.05, 0.1) is 13.2 Å². The van der Waals surface area contributed by atoms with Crippen molar-refractivity contribution in [2.45, 2.75) is 32.5 Å². The summed E-state index contributed by atoms with van der Waals surface area (Å²) in [5, 5.41) is 0. The highest BCUT2D eigenvalue weighted by atomic mass is 16.5. The van der Waals surface area contributed by atoms with Gasteiger partial charge in [-0.2, -0.15) is 0 Å². The van der Waals surface area contributed by atoms with Crippen molar-refractivity contribution in [2.24, 2.45) is 0 Å². The molecular weight excluding hydrogens is 200 g/mol. The molecule has 0 unspecified atom stereocenters. The van der Waals surface area contributed by atoms with Crippen LogP contribution in [0.15, 0.2) is 29.8 Å². The molecule has 1 heterocycles. The zero-order valence-corrected chi connectivity index (χ0v) is 9.16. The molecule has 1 aliphatic heterocycles.